The summed E-state index contributed by atoms with van der Waals surface area (Å²) in [4.78, 5) is 13.2. The van der Waals surface area contributed by atoms with E-state index in [1.807, 2.05) is 18.2 Å². The molecule has 0 N–H and O–H groups in total. The summed E-state index contributed by atoms with van der Waals surface area (Å²) in [6.45, 7) is 13.9. The van der Waals surface area contributed by atoms with E-state index in [0.29, 0.717) is 23.0 Å². The summed E-state index contributed by atoms with van der Waals surface area (Å²) < 4.78 is 18.9. The molecule has 0 aromatic heterocycles. The third-order valence-corrected chi connectivity index (χ3v) is 13.7. The van der Waals surface area contributed by atoms with Crippen LogP contribution in [0.5, 0.6) is 0 Å². The van der Waals surface area contributed by atoms with Crippen molar-refractivity contribution < 1.29 is 18.7 Å². The standard InChI is InChI=1S/C26H40O4Si/c1-16(2)31(17(3)4,18(5)6)30-25-21(26(28-7)29-8)14-20-15-22(27)23(24(20)25)19-12-10-9-11-13-19/h9-13,16-18,20-21,25-26H,14-15H2,1-8H3/t20-,21-,25+/m1/s1. The van der Waals surface area contributed by atoms with E-state index < -0.39 is 8.32 Å². The Balaban J connectivity index is 2.17. The van der Waals surface area contributed by atoms with Gasteiger partial charge in [0.1, 0.15) is 0 Å². The average molecular weight is 445 g/mol. The Bertz CT molecular complexity index is 773. The van der Waals surface area contributed by atoms with Crippen LogP contribution < -0.4 is 0 Å². The van der Waals surface area contributed by atoms with Crippen LogP contribution in [0.4, 0.5) is 0 Å². The first-order valence-electron chi connectivity index (χ1n) is 11.7. The van der Waals surface area contributed by atoms with Crippen molar-refractivity contribution in [1.82, 2.24) is 0 Å². The van der Waals surface area contributed by atoms with Crippen molar-refractivity contribution in [3.8, 4) is 0 Å². The highest BCUT2D eigenvalue weighted by atomic mass is 28.4. The zero-order chi connectivity index (χ0) is 22.9. The van der Waals surface area contributed by atoms with Gasteiger partial charge < -0.3 is 13.9 Å². The van der Waals surface area contributed by atoms with Gasteiger partial charge in [-0.3, -0.25) is 4.79 Å². The lowest BCUT2D eigenvalue weighted by Crippen LogP contribution is -2.52. The fraction of sp³-hybridized carbons (Fsp3) is 0.654. The van der Waals surface area contributed by atoms with Crippen molar-refractivity contribution >= 4 is 19.7 Å². The lowest BCUT2D eigenvalue weighted by atomic mass is 9.96. The van der Waals surface area contributed by atoms with Crippen LogP contribution in [0, 0.1) is 11.8 Å². The second kappa shape index (κ2) is 9.70. The Morgan fingerprint density at radius 2 is 1.45 bits per heavy atom. The number of Topliss-reactive ketones (excluding diaryl/α,β-unsaturated/α-hetero) is 1. The molecule has 4 nitrogen and oxygen atoms in total. The Morgan fingerprint density at radius 1 is 0.903 bits per heavy atom. The maximum atomic E-state index is 13.2. The van der Waals surface area contributed by atoms with Crippen molar-refractivity contribution in [2.75, 3.05) is 14.2 Å². The van der Waals surface area contributed by atoms with Crippen LogP contribution in [0.25, 0.3) is 5.57 Å². The Kier molecular flexibility index (Phi) is 7.62. The molecule has 3 rings (SSSR count). The third-order valence-electron chi connectivity index (χ3n) is 7.61. The molecule has 1 aromatic rings. The number of carbonyl (C=O) groups is 1. The molecule has 2 aliphatic rings. The molecule has 31 heavy (non-hydrogen) atoms. The molecule has 0 saturated heterocycles. The molecule has 0 radical (unpaired) electrons. The van der Waals surface area contributed by atoms with E-state index in [4.69, 9.17) is 13.9 Å². The summed E-state index contributed by atoms with van der Waals surface area (Å²) in [7, 11) is 1.23. The number of rotatable bonds is 9. The third kappa shape index (κ3) is 4.22. The quantitative estimate of drug-likeness (QED) is 0.335. The average Bonchev–Trinajstić information content (AvgIpc) is 3.21. The van der Waals surface area contributed by atoms with E-state index in [2.05, 4.69) is 53.7 Å². The highest BCUT2D eigenvalue weighted by Gasteiger charge is 2.55. The number of fused-ring (bicyclic) bond motifs is 1. The van der Waals surface area contributed by atoms with Gasteiger partial charge in [-0.2, -0.15) is 0 Å². The number of ether oxygens (including phenoxy) is 2. The molecule has 1 saturated carbocycles. The topological polar surface area (TPSA) is 44.8 Å². The molecule has 5 heteroatoms. The smallest absolute Gasteiger partial charge is 0.201 e. The normalized spacial score (nSPS) is 24.4. The molecular formula is C26H40O4Si. The van der Waals surface area contributed by atoms with Crippen LogP contribution in [0.15, 0.2) is 35.9 Å². The van der Waals surface area contributed by atoms with Crippen LogP contribution in [-0.4, -0.2) is 40.7 Å². The van der Waals surface area contributed by atoms with Gasteiger partial charge in [-0.1, -0.05) is 71.9 Å². The van der Waals surface area contributed by atoms with Crippen molar-refractivity contribution in [2.45, 2.75) is 83.4 Å². The predicted molar refractivity (Wildman–Crippen MR) is 128 cm³/mol. The highest BCUT2D eigenvalue weighted by Crippen LogP contribution is 2.54. The fourth-order valence-electron chi connectivity index (χ4n) is 6.48. The summed E-state index contributed by atoms with van der Waals surface area (Å²) in [6.07, 6.45) is 0.951. The van der Waals surface area contributed by atoms with E-state index in [-0.39, 0.29) is 30.0 Å². The molecule has 3 atom stereocenters. The summed E-state index contributed by atoms with van der Waals surface area (Å²) >= 11 is 0. The summed E-state index contributed by atoms with van der Waals surface area (Å²) in [5.74, 6) is 0.546. The second-order valence-corrected chi connectivity index (χ2v) is 15.5. The molecule has 1 fully saturated rings. The van der Waals surface area contributed by atoms with Gasteiger partial charge in [0.25, 0.3) is 0 Å². The predicted octanol–water partition coefficient (Wildman–Crippen LogP) is 6.23. The minimum Gasteiger partial charge on any atom is -0.409 e. The Labute approximate surface area is 189 Å². The largest absolute Gasteiger partial charge is 0.409 e. The van der Waals surface area contributed by atoms with Gasteiger partial charge in [0.15, 0.2) is 12.1 Å². The van der Waals surface area contributed by atoms with Crippen LogP contribution in [-0.2, 0) is 18.7 Å². The molecule has 0 spiro atoms. The van der Waals surface area contributed by atoms with Gasteiger partial charge in [0.05, 0.1) is 6.10 Å². The maximum Gasteiger partial charge on any atom is 0.201 e. The molecule has 0 heterocycles. The second-order valence-electron chi connectivity index (χ2n) is 10.1. The maximum absolute atomic E-state index is 13.2. The van der Waals surface area contributed by atoms with Gasteiger partial charge in [0, 0.05) is 32.1 Å². The molecule has 0 amide bonds. The van der Waals surface area contributed by atoms with Crippen molar-refractivity contribution in [3.05, 3.63) is 41.5 Å². The molecule has 0 unspecified atom stereocenters. The van der Waals surface area contributed by atoms with Crippen molar-refractivity contribution in [3.63, 3.8) is 0 Å². The minimum absolute atomic E-state index is 0.0879. The van der Waals surface area contributed by atoms with Crippen LogP contribution >= 0.6 is 0 Å². The van der Waals surface area contributed by atoms with Crippen molar-refractivity contribution in [1.29, 1.82) is 0 Å². The summed E-state index contributed by atoms with van der Waals surface area (Å²) in [5.41, 5.74) is 4.48. The van der Waals surface area contributed by atoms with Gasteiger partial charge in [-0.25, -0.2) is 0 Å². The number of methoxy groups -OCH3 is 2. The molecule has 2 aliphatic carbocycles. The SMILES string of the molecule is COC(OC)[C@@H]1C[C@@H]2CC(=O)C(c3ccccc3)=C2[C@H]1O[Si](C(C)C)(C(C)C)C(C)C. The summed E-state index contributed by atoms with van der Waals surface area (Å²) in [6, 6.07) is 10.1. The minimum atomic E-state index is -2.17. The van der Waals surface area contributed by atoms with E-state index in [0.717, 1.165) is 17.6 Å². The van der Waals surface area contributed by atoms with Gasteiger partial charge >= 0.3 is 0 Å². The van der Waals surface area contributed by atoms with E-state index in [1.54, 1.807) is 14.2 Å². The number of hydrogen-bond donors (Lipinski definition) is 0. The number of carbonyl (C=O) groups excluding carboxylic acids is 1. The zero-order valence-corrected chi connectivity index (χ0v) is 21.5. The summed E-state index contributed by atoms with van der Waals surface area (Å²) in [5, 5.41) is 0. The molecular weight excluding hydrogens is 404 g/mol. The fourth-order valence-corrected chi connectivity index (χ4v) is 12.0. The molecule has 172 valence electrons. The van der Waals surface area contributed by atoms with Crippen LogP contribution in [0.2, 0.25) is 16.6 Å². The molecule has 0 aliphatic heterocycles. The van der Waals surface area contributed by atoms with Gasteiger partial charge in [0.2, 0.25) is 8.32 Å². The number of benzene rings is 1. The molecule has 1 aromatic carbocycles. The Hall–Kier alpha value is -1.27. The highest BCUT2D eigenvalue weighted by molar-refractivity contribution is 6.77. The number of allylic oxidation sites excluding steroid dienone is 1. The first kappa shape index (κ1) is 24.4. The first-order chi connectivity index (χ1) is 14.7. The van der Waals surface area contributed by atoms with Crippen LogP contribution in [0.1, 0.15) is 59.9 Å². The van der Waals surface area contributed by atoms with Gasteiger partial charge in [-0.05, 0) is 40.1 Å². The lowest BCUT2D eigenvalue weighted by molar-refractivity contribution is -0.151. The van der Waals surface area contributed by atoms with E-state index >= 15 is 0 Å². The monoisotopic (exact) mass is 444 g/mol. The Morgan fingerprint density at radius 3 is 1.94 bits per heavy atom. The number of ketones is 1. The van der Waals surface area contributed by atoms with E-state index in [1.165, 1.54) is 5.57 Å². The zero-order valence-electron chi connectivity index (χ0n) is 20.5. The number of hydrogen-bond acceptors (Lipinski definition) is 4. The first-order valence-corrected chi connectivity index (χ1v) is 13.9. The lowest BCUT2D eigenvalue weighted by Gasteiger charge is -2.46. The van der Waals surface area contributed by atoms with Crippen molar-refractivity contribution in [2.24, 2.45) is 11.8 Å². The molecule has 0 bridgehead atoms. The van der Waals surface area contributed by atoms with E-state index in [9.17, 15) is 4.79 Å². The van der Waals surface area contributed by atoms with Crippen LogP contribution in [0.3, 0.4) is 0 Å². The van der Waals surface area contributed by atoms with Gasteiger partial charge in [-0.15, -0.1) is 0 Å².